The largest absolute Gasteiger partial charge is 0.494 e. The SMILES string of the molecule is [2H]OC[C@@]1([2H])O[C@@]([2H])(c2c([2H])c([2H])c(Cl)c(C([2H])([2H])c3c([2H])c([2H])c(OC([2H])([2H])C([2H])([2H])[2H])c([2H])c3[2H])c2[2H])[C@]([2H])(O[2H])[C@@]([2H])(O[2H])[C@]1([2H])O[2H]. The highest BCUT2D eigenvalue weighted by molar-refractivity contribution is 6.31. The second kappa shape index (κ2) is 9.22. The first-order chi connectivity index (χ1) is 22.9. The van der Waals surface area contributed by atoms with E-state index in [0.29, 0.717) is 0 Å². The molecule has 5 atom stereocenters. The average Bonchev–Trinajstić information content (AvgIpc) is 3.02. The first kappa shape index (κ1) is 6.41. The summed E-state index contributed by atoms with van der Waals surface area (Å²) in [6, 6.07) is -9.72. The van der Waals surface area contributed by atoms with Gasteiger partial charge in [0, 0.05) is 11.9 Å². The van der Waals surface area contributed by atoms with Crippen molar-refractivity contribution in [1.82, 2.24) is 0 Å². The molecular weight excluding hydrogens is 384 g/mol. The molecule has 1 aliphatic rings. The van der Waals surface area contributed by atoms with Gasteiger partial charge in [0.15, 0.2) is 0 Å². The third-order valence-electron chi connectivity index (χ3n) is 3.23. The monoisotopic (exact) mass is 431 g/mol. The van der Waals surface area contributed by atoms with Gasteiger partial charge in [0.2, 0.25) is 5.72 Å². The summed E-state index contributed by atoms with van der Waals surface area (Å²) < 4.78 is 197. The molecule has 6 nitrogen and oxygen atoms in total. The van der Waals surface area contributed by atoms with E-state index in [9.17, 15) is 0 Å². The zero-order valence-corrected chi connectivity index (χ0v) is 14.3. The quantitative estimate of drug-likeness (QED) is 0.458. The van der Waals surface area contributed by atoms with Crippen LogP contribution >= 0.6 is 11.6 Å². The highest BCUT2D eigenvalue weighted by Crippen LogP contribution is 2.34. The van der Waals surface area contributed by atoms with Gasteiger partial charge in [-0.1, -0.05) is 35.8 Å². The van der Waals surface area contributed by atoms with E-state index in [4.69, 9.17) is 48.1 Å². The summed E-state index contributed by atoms with van der Waals surface area (Å²) in [5.74, 6) is -1.28. The molecule has 4 N–H and O–H groups in total. The van der Waals surface area contributed by atoms with Crippen LogP contribution in [-0.4, -0.2) is 63.6 Å². The third-order valence-corrected chi connectivity index (χ3v) is 3.51. The standard InChI is InChI=1S/C21H25ClO6/c1-2-27-15-6-3-12(4-7-15)9-14-10-13(5-8-16(14)22)21-20(26)19(25)18(24)17(11-23)28-21/h3-8,10,17-21,23-26H,2,9,11H2,1H3/t17-,18-,19+,20-,21+/m1/s1/i1D3,2D2,3D,4D,5D,6D,7D,8D,9D2,10D,17D,18D,19D,20D,21D,23D,24D,25D,26D. The first-order valence-electron chi connectivity index (χ1n) is 18.4. The number of ether oxygens (including phenoxy) is 2. The Morgan fingerprint density at radius 1 is 1.21 bits per heavy atom. The van der Waals surface area contributed by atoms with Crippen LogP contribution in [0.5, 0.6) is 5.75 Å². The fourth-order valence-corrected chi connectivity index (χ4v) is 2.13. The van der Waals surface area contributed by atoms with Gasteiger partial charge in [0.25, 0.3) is 0 Å². The lowest BCUT2D eigenvalue weighted by molar-refractivity contribution is -0.231. The van der Waals surface area contributed by atoms with E-state index < -0.39 is 127 Å². The molecule has 0 radical (unpaired) electrons. The van der Waals surface area contributed by atoms with Gasteiger partial charge in [0.1, 0.15) is 36.1 Å². The van der Waals surface area contributed by atoms with Crippen LogP contribution in [0, 0.1) is 0 Å². The van der Waals surface area contributed by atoms with Crippen molar-refractivity contribution in [3.63, 3.8) is 0 Å². The molecule has 2 aromatic carbocycles. The molecule has 0 bridgehead atoms. The van der Waals surface area contributed by atoms with Gasteiger partial charge in [0.05, 0.1) is 32.4 Å². The molecule has 7 heteroatoms. The van der Waals surface area contributed by atoms with Gasteiger partial charge in [-0.25, -0.2) is 0 Å². The molecular formula is C21H25ClO6. The van der Waals surface area contributed by atoms with Crippen molar-refractivity contribution in [2.24, 2.45) is 0 Å². The Morgan fingerprint density at radius 3 is 2.75 bits per heavy atom. The average molecular weight is 432 g/mol. The van der Waals surface area contributed by atoms with E-state index in [0.717, 1.165) is 0 Å². The van der Waals surface area contributed by atoms with Crippen LogP contribution < -0.4 is 4.74 Å². The fraction of sp³-hybridized carbons (Fsp3) is 0.429. The highest BCUT2D eigenvalue weighted by atomic mass is 35.5. The van der Waals surface area contributed by atoms with Gasteiger partial charge >= 0.3 is 0 Å². The second-order valence-corrected chi connectivity index (χ2v) is 5.34. The minimum atomic E-state index is -4.14. The van der Waals surface area contributed by atoms with Crippen LogP contribution in [0.2, 0.25) is 5.02 Å². The van der Waals surface area contributed by atoms with Crippen LogP contribution in [0.1, 0.15) is 55.7 Å². The lowest BCUT2D eigenvalue weighted by Gasteiger charge is -2.40. The number of hydrogen-bond donors (Lipinski definition) is 4. The van der Waals surface area contributed by atoms with Crippen LogP contribution in [-0.2, 0) is 11.1 Å². The minimum absolute atomic E-state index is 1.17. The normalized spacial score (nSPS) is 53.8. The Bertz CT molecular complexity index is 1680. The molecule has 1 heterocycles. The summed E-state index contributed by atoms with van der Waals surface area (Å²) in [6.07, 6.45) is -23.4. The van der Waals surface area contributed by atoms with Crippen LogP contribution in [0.25, 0.3) is 0 Å². The third kappa shape index (κ3) is 4.49. The van der Waals surface area contributed by atoms with Gasteiger partial charge in [-0.2, -0.15) is 0 Å². The lowest BCUT2D eigenvalue weighted by atomic mass is 9.90. The van der Waals surface area contributed by atoms with Crippen LogP contribution in [0.4, 0.5) is 0 Å². The molecule has 28 heavy (non-hydrogen) atoms. The Hall–Kier alpha value is -1.67. The zero-order chi connectivity index (χ0) is 39.9. The summed E-state index contributed by atoms with van der Waals surface area (Å²) in [7, 11) is 0. The van der Waals surface area contributed by atoms with Crippen molar-refractivity contribution >= 4 is 11.6 Å². The maximum absolute atomic E-state index is 9.13. The number of aliphatic hydroxyl groups is 4. The molecule has 1 saturated heterocycles. The van der Waals surface area contributed by atoms with Crippen LogP contribution in [0.15, 0.2) is 42.3 Å². The molecule has 0 aromatic heterocycles. The van der Waals surface area contributed by atoms with E-state index in [-0.39, 0.29) is 0 Å². The van der Waals surface area contributed by atoms with Crippen molar-refractivity contribution in [1.29, 1.82) is 5.72 Å². The molecule has 0 amide bonds. The fourth-order valence-electron chi connectivity index (χ4n) is 1.99. The summed E-state index contributed by atoms with van der Waals surface area (Å²) >= 11 is 6.22. The van der Waals surface area contributed by atoms with Gasteiger partial charge in [-0.05, 0) is 48.0 Å². The number of aliphatic hydroxyl groups excluding tert-OH is 1. The van der Waals surface area contributed by atoms with E-state index in [1.807, 2.05) is 0 Å². The van der Waals surface area contributed by atoms with E-state index in [2.05, 4.69) is 25.2 Å². The summed E-state index contributed by atoms with van der Waals surface area (Å²) in [6.45, 7) is -8.67. The Morgan fingerprint density at radius 2 is 2.04 bits per heavy atom. The first-order valence-corrected chi connectivity index (χ1v) is 7.64. The van der Waals surface area contributed by atoms with Crippen molar-refractivity contribution in [3.05, 3.63) is 64.0 Å². The van der Waals surface area contributed by atoms with Crippen molar-refractivity contribution in [2.75, 3.05) is 13.2 Å². The Kier molecular flexibility index (Phi) is 2.11. The molecule has 0 unspecified atom stereocenters. The van der Waals surface area contributed by atoms with Gasteiger partial charge in [-0.3, -0.25) is 0 Å². The molecule has 1 fully saturated rings. The second-order valence-electron chi connectivity index (χ2n) is 4.96. The topological polar surface area (TPSA) is 99.4 Å². The van der Waals surface area contributed by atoms with Gasteiger partial charge < -0.3 is 29.9 Å². The predicted molar refractivity (Wildman–Crippen MR) is 105 cm³/mol. The molecule has 0 aliphatic carbocycles. The van der Waals surface area contributed by atoms with Crippen molar-refractivity contribution in [2.45, 2.75) is 43.6 Å². The Labute approximate surface area is 201 Å². The maximum atomic E-state index is 9.13. The molecule has 1 aliphatic heterocycles. The smallest absolute Gasteiger partial charge is 0.211 e. The van der Waals surface area contributed by atoms with E-state index in [1.165, 1.54) is 0 Å². The highest BCUT2D eigenvalue weighted by Gasteiger charge is 2.43. The number of rotatable bonds is 10. The molecule has 2 aromatic rings. The lowest BCUT2D eigenvalue weighted by Crippen LogP contribution is -2.55. The summed E-state index contributed by atoms with van der Waals surface area (Å²) in [4.78, 5) is 0. The van der Waals surface area contributed by atoms with E-state index in [1.54, 1.807) is 0 Å². The van der Waals surface area contributed by atoms with E-state index >= 15 is 0 Å². The van der Waals surface area contributed by atoms with Crippen molar-refractivity contribution in [3.8, 4) is 5.75 Å². The molecule has 152 valence electrons. The molecule has 3 rings (SSSR count). The summed E-state index contributed by atoms with van der Waals surface area (Å²) in [5, 5.41) is 15.4. The van der Waals surface area contributed by atoms with Crippen molar-refractivity contribution < 1.29 is 56.0 Å². The maximum Gasteiger partial charge on any atom is 0.211 e. The summed E-state index contributed by atoms with van der Waals surface area (Å²) in [5.41, 5.74) is -4.25. The number of benzene rings is 2. The van der Waals surface area contributed by atoms with Crippen LogP contribution in [0.3, 0.4) is 0 Å². The molecule has 0 spiro atoms. The zero-order valence-electron chi connectivity index (χ0n) is 36.5. The number of hydrogen-bond acceptors (Lipinski definition) is 6. The predicted octanol–water partition coefficient (Wildman–Crippen LogP) is 1.84. The minimum Gasteiger partial charge on any atom is -0.494 e. The number of halogens is 1. The molecule has 0 saturated carbocycles. The Balaban J connectivity index is 2.52. The van der Waals surface area contributed by atoms with Gasteiger partial charge in [-0.15, -0.1) is 0 Å².